The van der Waals surface area contributed by atoms with Crippen LogP contribution in [0.5, 0.6) is 0 Å². The summed E-state index contributed by atoms with van der Waals surface area (Å²) in [7, 11) is 3.01. The quantitative estimate of drug-likeness (QED) is 0.837. The van der Waals surface area contributed by atoms with E-state index in [4.69, 9.17) is 0 Å². The summed E-state index contributed by atoms with van der Waals surface area (Å²) < 4.78 is 7.62. The highest BCUT2D eigenvalue weighted by atomic mass is 79.9. The lowest BCUT2D eigenvalue weighted by Gasteiger charge is -2.05. The molecule has 1 N–H and O–H groups in total. The van der Waals surface area contributed by atoms with Gasteiger partial charge in [-0.2, -0.15) is 0 Å². The molecule has 1 amide bonds. The molecular formula is C9H10Br2N2O3. The summed E-state index contributed by atoms with van der Waals surface area (Å²) in [4.78, 5) is 22.5. The van der Waals surface area contributed by atoms with Crippen LogP contribution >= 0.6 is 31.9 Å². The van der Waals surface area contributed by atoms with Crippen LogP contribution in [-0.2, 0) is 16.6 Å². The summed E-state index contributed by atoms with van der Waals surface area (Å²) in [6.45, 7) is -0.143. The van der Waals surface area contributed by atoms with Gasteiger partial charge in [0.15, 0.2) is 0 Å². The van der Waals surface area contributed by atoms with Crippen molar-refractivity contribution in [3.05, 3.63) is 20.8 Å². The fraction of sp³-hybridized carbons (Fsp3) is 0.333. The average molecular weight is 354 g/mol. The van der Waals surface area contributed by atoms with E-state index in [-0.39, 0.29) is 12.5 Å². The molecule has 0 unspecified atom stereocenters. The Morgan fingerprint density at radius 2 is 2.12 bits per heavy atom. The molecule has 16 heavy (non-hydrogen) atoms. The first-order valence-electron chi connectivity index (χ1n) is 4.33. The molecule has 0 atom stereocenters. The number of carbonyl (C=O) groups excluding carboxylic acids is 2. The van der Waals surface area contributed by atoms with Crippen LogP contribution in [0.15, 0.2) is 15.1 Å². The monoisotopic (exact) mass is 352 g/mol. The lowest BCUT2D eigenvalue weighted by Crippen LogP contribution is -2.31. The second kappa shape index (κ2) is 5.49. The number of hydrogen-bond acceptors (Lipinski definition) is 3. The zero-order chi connectivity index (χ0) is 12.3. The Bertz CT molecular complexity index is 429. The van der Waals surface area contributed by atoms with Crippen LogP contribution in [0.4, 0.5) is 0 Å². The van der Waals surface area contributed by atoms with Crippen molar-refractivity contribution < 1.29 is 14.3 Å². The predicted molar refractivity (Wildman–Crippen MR) is 65.2 cm³/mol. The maximum atomic E-state index is 11.7. The zero-order valence-corrected chi connectivity index (χ0v) is 11.9. The SMILES string of the molecule is COC(=O)CNC(=O)c1cc(Br)c(Br)n1C. The Labute approximate surface area is 109 Å². The van der Waals surface area contributed by atoms with Gasteiger partial charge in [0, 0.05) is 7.05 Å². The van der Waals surface area contributed by atoms with Gasteiger partial charge in [0.1, 0.15) is 12.2 Å². The average Bonchev–Trinajstić information content (AvgIpc) is 2.53. The normalized spacial score (nSPS) is 10.0. The van der Waals surface area contributed by atoms with E-state index >= 15 is 0 Å². The molecule has 0 saturated carbocycles. The van der Waals surface area contributed by atoms with Crippen molar-refractivity contribution in [3.63, 3.8) is 0 Å². The van der Waals surface area contributed by atoms with Crippen LogP contribution in [0, 0.1) is 0 Å². The van der Waals surface area contributed by atoms with Gasteiger partial charge in [0.25, 0.3) is 5.91 Å². The first-order chi connectivity index (χ1) is 7.47. The third-order valence-corrected chi connectivity index (χ3v) is 4.07. The molecule has 0 spiro atoms. The number of amides is 1. The predicted octanol–water partition coefficient (Wildman–Crippen LogP) is 1.45. The van der Waals surface area contributed by atoms with Gasteiger partial charge in [0.2, 0.25) is 0 Å². The van der Waals surface area contributed by atoms with Crippen molar-refractivity contribution in [2.24, 2.45) is 7.05 Å². The Balaban J connectivity index is 2.74. The molecule has 1 rings (SSSR count). The molecule has 7 heteroatoms. The Morgan fingerprint density at radius 3 is 2.56 bits per heavy atom. The largest absolute Gasteiger partial charge is 0.468 e. The minimum atomic E-state index is -0.485. The third kappa shape index (κ3) is 2.85. The van der Waals surface area contributed by atoms with Gasteiger partial charge in [-0.1, -0.05) is 0 Å². The number of carbonyl (C=O) groups is 2. The molecule has 0 aliphatic heterocycles. The minimum absolute atomic E-state index is 0.143. The van der Waals surface area contributed by atoms with Gasteiger partial charge in [-0.25, -0.2) is 0 Å². The topological polar surface area (TPSA) is 60.3 Å². The van der Waals surface area contributed by atoms with E-state index in [1.165, 1.54) is 7.11 Å². The Kier molecular flexibility index (Phi) is 4.55. The van der Waals surface area contributed by atoms with Crippen LogP contribution in [0.1, 0.15) is 10.5 Å². The van der Waals surface area contributed by atoms with E-state index in [1.807, 2.05) is 0 Å². The van der Waals surface area contributed by atoms with Gasteiger partial charge in [-0.3, -0.25) is 9.59 Å². The molecule has 1 aromatic heterocycles. The van der Waals surface area contributed by atoms with E-state index in [9.17, 15) is 9.59 Å². The van der Waals surface area contributed by atoms with Gasteiger partial charge in [-0.15, -0.1) is 0 Å². The second-order valence-electron chi connectivity index (χ2n) is 2.99. The van der Waals surface area contributed by atoms with Crippen LogP contribution < -0.4 is 5.32 Å². The van der Waals surface area contributed by atoms with Crippen molar-refractivity contribution in [1.29, 1.82) is 0 Å². The van der Waals surface area contributed by atoms with Gasteiger partial charge < -0.3 is 14.6 Å². The molecule has 0 bridgehead atoms. The van der Waals surface area contributed by atoms with E-state index in [0.717, 1.165) is 9.08 Å². The number of methoxy groups -OCH3 is 1. The van der Waals surface area contributed by atoms with Crippen molar-refractivity contribution in [2.45, 2.75) is 0 Å². The molecule has 0 saturated heterocycles. The van der Waals surface area contributed by atoms with Crippen LogP contribution in [0.3, 0.4) is 0 Å². The molecule has 5 nitrogen and oxygen atoms in total. The summed E-state index contributed by atoms with van der Waals surface area (Å²) in [5.41, 5.74) is 0.447. The fourth-order valence-corrected chi connectivity index (χ4v) is 1.86. The molecule has 0 radical (unpaired) electrons. The number of rotatable bonds is 3. The van der Waals surface area contributed by atoms with Gasteiger partial charge >= 0.3 is 5.97 Å². The first-order valence-corrected chi connectivity index (χ1v) is 5.91. The molecule has 0 aromatic carbocycles. The second-order valence-corrected chi connectivity index (χ2v) is 4.59. The van der Waals surface area contributed by atoms with Crippen molar-refractivity contribution in [2.75, 3.05) is 13.7 Å². The van der Waals surface area contributed by atoms with E-state index in [2.05, 4.69) is 41.9 Å². The van der Waals surface area contributed by atoms with Gasteiger partial charge in [-0.05, 0) is 37.9 Å². The zero-order valence-electron chi connectivity index (χ0n) is 8.71. The Morgan fingerprint density at radius 1 is 1.50 bits per heavy atom. The van der Waals surface area contributed by atoms with Crippen LogP contribution in [-0.4, -0.2) is 30.1 Å². The van der Waals surface area contributed by atoms with E-state index < -0.39 is 5.97 Å². The standard InChI is InChI=1S/C9H10Br2N2O3/c1-13-6(3-5(10)8(13)11)9(15)12-4-7(14)16-2/h3H,4H2,1-2H3,(H,12,15). The molecule has 1 aromatic rings. The van der Waals surface area contributed by atoms with Crippen molar-refractivity contribution >= 4 is 43.7 Å². The lowest BCUT2D eigenvalue weighted by atomic mass is 10.4. The maximum Gasteiger partial charge on any atom is 0.325 e. The third-order valence-electron chi connectivity index (χ3n) is 1.97. The highest BCUT2D eigenvalue weighted by Gasteiger charge is 2.15. The number of halogens is 2. The number of hydrogen-bond donors (Lipinski definition) is 1. The highest BCUT2D eigenvalue weighted by molar-refractivity contribution is 9.13. The van der Waals surface area contributed by atoms with E-state index in [0.29, 0.717) is 5.69 Å². The molecular weight excluding hydrogens is 344 g/mol. The minimum Gasteiger partial charge on any atom is -0.468 e. The maximum absolute atomic E-state index is 11.7. The molecule has 1 heterocycles. The van der Waals surface area contributed by atoms with E-state index in [1.54, 1.807) is 17.7 Å². The van der Waals surface area contributed by atoms with Gasteiger partial charge in [0.05, 0.1) is 16.2 Å². The number of nitrogens with zero attached hydrogens (tertiary/aromatic N) is 1. The first kappa shape index (κ1) is 13.2. The fourth-order valence-electron chi connectivity index (χ4n) is 1.08. The summed E-state index contributed by atoms with van der Waals surface area (Å²) in [5, 5.41) is 2.46. The summed E-state index contributed by atoms with van der Waals surface area (Å²) >= 11 is 6.60. The summed E-state index contributed by atoms with van der Waals surface area (Å²) in [6.07, 6.45) is 0. The number of esters is 1. The summed E-state index contributed by atoms with van der Waals surface area (Å²) in [5.74, 6) is -0.819. The summed E-state index contributed by atoms with van der Waals surface area (Å²) in [6, 6.07) is 1.66. The van der Waals surface area contributed by atoms with Crippen LogP contribution in [0.2, 0.25) is 0 Å². The van der Waals surface area contributed by atoms with Crippen molar-refractivity contribution in [1.82, 2.24) is 9.88 Å². The molecule has 0 aliphatic carbocycles. The number of nitrogens with one attached hydrogen (secondary N) is 1. The number of aromatic nitrogens is 1. The van der Waals surface area contributed by atoms with Crippen LogP contribution in [0.25, 0.3) is 0 Å². The Hall–Kier alpha value is -0.820. The molecule has 0 fully saturated rings. The number of ether oxygens (including phenoxy) is 1. The van der Waals surface area contributed by atoms with Crippen molar-refractivity contribution in [3.8, 4) is 0 Å². The highest BCUT2D eigenvalue weighted by Crippen LogP contribution is 2.25. The lowest BCUT2D eigenvalue weighted by molar-refractivity contribution is -0.139. The molecule has 88 valence electrons. The molecule has 0 aliphatic rings. The smallest absolute Gasteiger partial charge is 0.325 e.